The third kappa shape index (κ3) is 4.34. The highest BCUT2D eigenvalue weighted by atomic mass is 35.5. The average molecular weight is 445 g/mol. The Morgan fingerprint density at radius 1 is 1.29 bits per heavy atom. The molecule has 0 saturated heterocycles. The van der Waals surface area contributed by atoms with Gasteiger partial charge in [0.25, 0.3) is 5.56 Å². The lowest BCUT2D eigenvalue weighted by atomic mass is 9.90. The monoisotopic (exact) mass is 444 g/mol. The van der Waals surface area contributed by atoms with Gasteiger partial charge < -0.3 is 19.7 Å². The molecule has 166 valence electrons. The number of fused-ring (bicyclic) bond motifs is 3. The van der Waals surface area contributed by atoms with Crippen molar-refractivity contribution in [1.82, 2.24) is 20.4 Å². The molecule has 8 heteroatoms. The Morgan fingerprint density at radius 2 is 2.06 bits per heavy atom. The Kier molecular flexibility index (Phi) is 5.83. The van der Waals surface area contributed by atoms with E-state index in [1.54, 1.807) is 13.0 Å². The van der Waals surface area contributed by atoms with E-state index in [4.69, 9.17) is 16.1 Å². The molecule has 3 aromatic rings. The lowest BCUT2D eigenvalue weighted by Gasteiger charge is -2.32. The first kappa shape index (κ1) is 21.8. The van der Waals surface area contributed by atoms with Gasteiger partial charge in [0, 0.05) is 23.0 Å². The molecule has 1 fully saturated rings. The van der Waals surface area contributed by atoms with Crippen LogP contribution in [-0.2, 0) is 4.79 Å². The highest BCUT2D eigenvalue weighted by Gasteiger charge is 2.29. The van der Waals surface area contributed by atoms with Crippen LogP contribution in [0.4, 0.5) is 0 Å². The van der Waals surface area contributed by atoms with E-state index >= 15 is 0 Å². The first-order valence-corrected chi connectivity index (χ1v) is 11.2. The van der Waals surface area contributed by atoms with Gasteiger partial charge in [-0.05, 0) is 65.5 Å². The number of hydrogen-bond acceptors (Lipinski definition) is 5. The summed E-state index contributed by atoms with van der Waals surface area (Å²) in [5.74, 6) is 0.468. The van der Waals surface area contributed by atoms with Crippen molar-refractivity contribution in [2.24, 2.45) is 0 Å². The summed E-state index contributed by atoms with van der Waals surface area (Å²) in [6.45, 7) is 8.11. The van der Waals surface area contributed by atoms with E-state index in [0.717, 1.165) is 30.2 Å². The van der Waals surface area contributed by atoms with Crippen LogP contribution >= 0.6 is 11.6 Å². The summed E-state index contributed by atoms with van der Waals surface area (Å²) < 4.78 is 7.18. The number of pyridine rings is 1. The van der Waals surface area contributed by atoms with E-state index in [9.17, 15) is 9.59 Å². The quantitative estimate of drug-likeness (QED) is 0.632. The molecule has 0 bridgehead atoms. The molecule has 0 aliphatic heterocycles. The summed E-state index contributed by atoms with van der Waals surface area (Å²) in [4.78, 5) is 25.9. The van der Waals surface area contributed by atoms with Crippen molar-refractivity contribution in [3.05, 3.63) is 39.3 Å². The number of halogens is 1. The number of benzene rings is 1. The highest BCUT2D eigenvalue weighted by Crippen LogP contribution is 2.35. The topological polar surface area (TPSA) is 89.2 Å². The second kappa shape index (κ2) is 8.28. The molecule has 7 nitrogen and oxygen atoms in total. The number of hydrogen-bond donors (Lipinski definition) is 2. The maximum absolute atomic E-state index is 13.5. The van der Waals surface area contributed by atoms with Gasteiger partial charge in [-0.1, -0.05) is 22.8 Å². The molecule has 31 heavy (non-hydrogen) atoms. The summed E-state index contributed by atoms with van der Waals surface area (Å²) in [5, 5.41) is 12.2. The van der Waals surface area contributed by atoms with Crippen molar-refractivity contribution in [2.75, 3.05) is 6.54 Å². The second-order valence-electron chi connectivity index (χ2n) is 9.46. The number of nitrogens with zero attached hydrogens (tertiary/aromatic N) is 2. The summed E-state index contributed by atoms with van der Waals surface area (Å²) in [6.07, 6.45) is 3.39. The van der Waals surface area contributed by atoms with Crippen LogP contribution in [0, 0.1) is 6.92 Å². The molecule has 2 N–H and O–H groups in total. The van der Waals surface area contributed by atoms with Gasteiger partial charge in [0.1, 0.15) is 16.7 Å². The first-order chi connectivity index (χ1) is 14.7. The van der Waals surface area contributed by atoms with E-state index in [1.165, 1.54) is 0 Å². The lowest BCUT2D eigenvalue weighted by molar-refractivity contribution is -0.121. The van der Waals surface area contributed by atoms with Crippen molar-refractivity contribution in [3.63, 3.8) is 0 Å². The van der Waals surface area contributed by atoms with Gasteiger partial charge in [-0.3, -0.25) is 9.59 Å². The molecule has 1 aromatic carbocycles. The van der Waals surface area contributed by atoms with Gasteiger partial charge in [-0.15, -0.1) is 0 Å². The molecular formula is C23H29ClN4O3. The summed E-state index contributed by atoms with van der Waals surface area (Å²) in [7, 11) is 0. The maximum atomic E-state index is 13.5. The van der Waals surface area contributed by atoms with E-state index in [2.05, 4.69) is 15.8 Å². The van der Waals surface area contributed by atoms with Gasteiger partial charge in [0.05, 0.1) is 17.1 Å². The Morgan fingerprint density at radius 3 is 2.81 bits per heavy atom. The second-order valence-corrected chi connectivity index (χ2v) is 9.87. The van der Waals surface area contributed by atoms with Crippen LogP contribution in [-0.4, -0.2) is 33.8 Å². The molecule has 1 saturated carbocycles. The molecule has 1 amide bonds. The van der Waals surface area contributed by atoms with Gasteiger partial charge in [-0.25, -0.2) is 0 Å². The number of amides is 1. The molecule has 1 aliphatic carbocycles. The molecule has 2 aromatic heterocycles. The third-order valence-electron chi connectivity index (χ3n) is 5.94. The predicted molar refractivity (Wildman–Crippen MR) is 123 cm³/mol. The van der Waals surface area contributed by atoms with Crippen molar-refractivity contribution in [1.29, 1.82) is 0 Å². The minimum absolute atomic E-state index is 0.0217. The SMILES string of the molecule is Cc1onc2c1c(=O)n(C1CCCC(NC(=O)CNC(C)(C)C)C1)c1cccc(Cl)c21. The van der Waals surface area contributed by atoms with Gasteiger partial charge in [-0.2, -0.15) is 0 Å². The number of aryl methyl sites for hydroxylation is 1. The minimum atomic E-state index is -0.121. The van der Waals surface area contributed by atoms with Crippen molar-refractivity contribution in [3.8, 4) is 0 Å². The van der Waals surface area contributed by atoms with Crippen LogP contribution in [0.3, 0.4) is 0 Å². The van der Waals surface area contributed by atoms with Crippen molar-refractivity contribution < 1.29 is 9.32 Å². The number of rotatable bonds is 4. The molecule has 0 radical (unpaired) electrons. The number of carbonyl (C=O) groups excluding carboxylic acids is 1. The molecule has 0 spiro atoms. The zero-order valence-corrected chi connectivity index (χ0v) is 19.2. The maximum Gasteiger partial charge on any atom is 0.264 e. The van der Waals surface area contributed by atoms with Crippen molar-refractivity contribution in [2.45, 2.75) is 71.0 Å². The molecule has 2 atom stereocenters. The van der Waals surface area contributed by atoms with Gasteiger partial charge in [0.2, 0.25) is 5.91 Å². The molecule has 4 rings (SSSR count). The highest BCUT2D eigenvalue weighted by molar-refractivity contribution is 6.37. The lowest BCUT2D eigenvalue weighted by Crippen LogP contribution is -2.47. The summed E-state index contributed by atoms with van der Waals surface area (Å²) >= 11 is 6.52. The van der Waals surface area contributed by atoms with E-state index in [1.807, 2.05) is 37.5 Å². The zero-order valence-electron chi connectivity index (χ0n) is 18.4. The van der Waals surface area contributed by atoms with E-state index < -0.39 is 0 Å². The smallest absolute Gasteiger partial charge is 0.264 e. The summed E-state index contributed by atoms with van der Waals surface area (Å²) in [6, 6.07) is 5.53. The van der Waals surface area contributed by atoms with Crippen LogP contribution in [0.15, 0.2) is 27.5 Å². The molecule has 2 unspecified atom stereocenters. The van der Waals surface area contributed by atoms with Crippen LogP contribution < -0.4 is 16.2 Å². The first-order valence-electron chi connectivity index (χ1n) is 10.8. The van der Waals surface area contributed by atoms with E-state index in [0.29, 0.717) is 28.1 Å². The average Bonchev–Trinajstić information content (AvgIpc) is 3.08. The van der Waals surface area contributed by atoms with Crippen LogP contribution in [0.25, 0.3) is 21.8 Å². The van der Waals surface area contributed by atoms with Crippen molar-refractivity contribution >= 4 is 39.3 Å². The third-order valence-corrected chi connectivity index (χ3v) is 6.25. The fraction of sp³-hybridized carbons (Fsp3) is 0.522. The Labute approximate surface area is 186 Å². The number of carbonyl (C=O) groups is 1. The fourth-order valence-corrected chi connectivity index (χ4v) is 4.75. The Hall–Kier alpha value is -2.38. The largest absolute Gasteiger partial charge is 0.360 e. The van der Waals surface area contributed by atoms with Crippen LogP contribution in [0.5, 0.6) is 0 Å². The Bertz CT molecular complexity index is 1190. The van der Waals surface area contributed by atoms with Gasteiger partial charge in [0.15, 0.2) is 0 Å². The standard InChI is InChI=1S/C23H29ClN4O3/c1-13-19-21(27-31-13)20-16(24)9-6-10-17(20)28(22(19)30)15-8-5-7-14(11-15)26-18(29)12-25-23(2,3)4/h6,9-10,14-15,25H,5,7-8,11-12H2,1-4H3,(H,26,29). The molecular weight excluding hydrogens is 416 g/mol. The minimum Gasteiger partial charge on any atom is -0.360 e. The Balaban J connectivity index is 1.67. The number of aromatic nitrogens is 2. The van der Waals surface area contributed by atoms with Crippen LogP contribution in [0.1, 0.15) is 58.3 Å². The normalized spacial score (nSPS) is 19.8. The van der Waals surface area contributed by atoms with Gasteiger partial charge >= 0.3 is 0 Å². The number of nitrogens with one attached hydrogen (secondary N) is 2. The fourth-order valence-electron chi connectivity index (χ4n) is 4.49. The summed E-state index contributed by atoms with van der Waals surface area (Å²) in [5.41, 5.74) is 1.02. The zero-order chi connectivity index (χ0) is 22.3. The predicted octanol–water partition coefficient (Wildman–Crippen LogP) is 4.09. The van der Waals surface area contributed by atoms with E-state index in [-0.39, 0.29) is 35.6 Å². The molecule has 2 heterocycles. The van der Waals surface area contributed by atoms with Crippen LogP contribution in [0.2, 0.25) is 5.02 Å². The molecule has 1 aliphatic rings.